The third kappa shape index (κ3) is 11.7. The smallest absolute Gasteiger partial charge is 0.314 e. The zero-order chi connectivity index (χ0) is 12.8. The Morgan fingerprint density at radius 1 is 1.25 bits per heavy atom. The molecule has 0 spiro atoms. The summed E-state index contributed by atoms with van der Waals surface area (Å²) in [6.45, 7) is -0.134. The maximum atomic E-state index is 11.9. The van der Waals surface area contributed by atoms with Crippen LogP contribution in [-0.4, -0.2) is 64.7 Å². The van der Waals surface area contributed by atoms with E-state index in [2.05, 4.69) is 5.32 Å². The lowest BCUT2D eigenvalue weighted by Crippen LogP contribution is -2.36. The molecule has 8 heteroatoms. The molecule has 0 aromatic heterocycles. The summed E-state index contributed by atoms with van der Waals surface area (Å²) in [7, 11) is -1.64. The molecule has 0 unspecified atom stereocenters. The molecule has 1 N–H and O–H groups in total. The normalized spacial score (nSPS) is 13.4. The molecule has 0 bridgehead atoms. The van der Waals surface area contributed by atoms with Gasteiger partial charge in [0.1, 0.15) is 9.84 Å². The highest BCUT2D eigenvalue weighted by Gasteiger charge is 2.28. The predicted octanol–water partition coefficient (Wildman–Crippen LogP) is 0.115. The van der Waals surface area contributed by atoms with Gasteiger partial charge in [-0.2, -0.15) is 13.2 Å². The van der Waals surface area contributed by atoms with Gasteiger partial charge in [-0.05, 0) is 7.05 Å². The summed E-state index contributed by atoms with van der Waals surface area (Å²) in [5.74, 6) is -0.00398. The molecule has 0 amide bonds. The van der Waals surface area contributed by atoms with Crippen molar-refractivity contribution < 1.29 is 21.6 Å². The quantitative estimate of drug-likeness (QED) is 0.662. The van der Waals surface area contributed by atoms with Crippen molar-refractivity contribution in [2.45, 2.75) is 6.18 Å². The van der Waals surface area contributed by atoms with Gasteiger partial charge in [0.15, 0.2) is 0 Å². The van der Waals surface area contributed by atoms with Gasteiger partial charge >= 0.3 is 6.18 Å². The monoisotopic (exact) mass is 262 g/mol. The van der Waals surface area contributed by atoms with Crippen LogP contribution in [0.2, 0.25) is 0 Å². The molecule has 0 rings (SSSR count). The van der Waals surface area contributed by atoms with Crippen molar-refractivity contribution in [2.24, 2.45) is 0 Å². The Morgan fingerprint density at radius 3 is 2.25 bits per heavy atom. The Bertz CT molecular complexity index is 290. The van der Waals surface area contributed by atoms with Gasteiger partial charge in [0.05, 0.1) is 12.3 Å². The lowest BCUT2D eigenvalue weighted by molar-refractivity contribution is -0.142. The molecule has 0 saturated heterocycles. The summed E-state index contributed by atoms with van der Waals surface area (Å²) in [6.07, 6.45) is -3.08. The molecule has 0 radical (unpaired) electrons. The van der Waals surface area contributed by atoms with E-state index in [1.165, 1.54) is 7.05 Å². The summed E-state index contributed by atoms with van der Waals surface area (Å²) in [5.41, 5.74) is 0. The molecule has 16 heavy (non-hydrogen) atoms. The zero-order valence-corrected chi connectivity index (χ0v) is 10.2. The minimum absolute atomic E-state index is 0.00398. The lowest BCUT2D eigenvalue weighted by atomic mass is 10.5. The summed E-state index contributed by atoms with van der Waals surface area (Å²) >= 11 is 0. The minimum Gasteiger partial charge on any atom is -0.314 e. The molecule has 0 heterocycles. The third-order valence-corrected chi connectivity index (χ3v) is 2.71. The largest absolute Gasteiger partial charge is 0.401 e. The molecule has 98 valence electrons. The van der Waals surface area contributed by atoms with Crippen LogP contribution in [0.25, 0.3) is 0 Å². The van der Waals surface area contributed by atoms with Crippen molar-refractivity contribution in [2.75, 3.05) is 45.2 Å². The molecule has 0 atom stereocenters. The van der Waals surface area contributed by atoms with Crippen LogP contribution in [0, 0.1) is 0 Å². The van der Waals surface area contributed by atoms with Crippen LogP contribution < -0.4 is 5.32 Å². The zero-order valence-electron chi connectivity index (χ0n) is 9.34. The van der Waals surface area contributed by atoms with E-state index in [9.17, 15) is 21.6 Å². The number of hydrogen-bond donors (Lipinski definition) is 1. The fourth-order valence-corrected chi connectivity index (χ4v) is 1.55. The molecule has 0 aliphatic rings. The summed E-state index contributed by atoms with van der Waals surface area (Å²) in [4.78, 5) is 1.13. The summed E-state index contributed by atoms with van der Waals surface area (Å²) in [5, 5.41) is 2.77. The molecule has 0 aliphatic carbocycles. The first-order valence-corrected chi connectivity index (χ1v) is 6.80. The number of halogens is 3. The van der Waals surface area contributed by atoms with E-state index in [1.54, 1.807) is 0 Å². The molecular formula is C8H17F3N2O2S. The summed E-state index contributed by atoms with van der Waals surface area (Å²) in [6, 6.07) is 0. The number of nitrogens with one attached hydrogen (secondary N) is 1. The first-order chi connectivity index (χ1) is 7.10. The van der Waals surface area contributed by atoms with Crippen LogP contribution >= 0.6 is 0 Å². The van der Waals surface area contributed by atoms with E-state index in [-0.39, 0.29) is 18.8 Å². The second-order valence-corrected chi connectivity index (χ2v) is 5.99. The molecule has 4 nitrogen and oxygen atoms in total. The SMILES string of the molecule is CN(CCNCCS(C)(=O)=O)CC(F)(F)F. The predicted molar refractivity (Wildman–Crippen MR) is 56.1 cm³/mol. The van der Waals surface area contributed by atoms with Crippen molar-refractivity contribution in [3.63, 3.8) is 0 Å². The third-order valence-electron chi connectivity index (χ3n) is 1.77. The number of alkyl halides is 3. The molecular weight excluding hydrogens is 245 g/mol. The first-order valence-electron chi connectivity index (χ1n) is 4.74. The number of likely N-dealkylation sites (N-methyl/N-ethyl adjacent to an activating group) is 1. The van der Waals surface area contributed by atoms with E-state index in [1.807, 2.05) is 0 Å². The van der Waals surface area contributed by atoms with Crippen molar-refractivity contribution in [1.29, 1.82) is 0 Å². The van der Waals surface area contributed by atoms with Crippen molar-refractivity contribution in [3.8, 4) is 0 Å². The van der Waals surface area contributed by atoms with Crippen molar-refractivity contribution in [3.05, 3.63) is 0 Å². The fraction of sp³-hybridized carbons (Fsp3) is 1.00. The van der Waals surface area contributed by atoms with E-state index in [0.717, 1.165) is 11.2 Å². The molecule has 0 aromatic carbocycles. The number of hydrogen-bond acceptors (Lipinski definition) is 4. The highest BCUT2D eigenvalue weighted by Crippen LogP contribution is 2.14. The molecule has 0 aliphatic heterocycles. The molecule has 0 fully saturated rings. The average Bonchev–Trinajstić information content (AvgIpc) is 1.97. The van der Waals surface area contributed by atoms with Crippen LogP contribution in [0.1, 0.15) is 0 Å². The first kappa shape index (κ1) is 15.7. The van der Waals surface area contributed by atoms with E-state index >= 15 is 0 Å². The van der Waals surface area contributed by atoms with Gasteiger partial charge in [0, 0.05) is 25.9 Å². The average molecular weight is 262 g/mol. The van der Waals surface area contributed by atoms with Gasteiger partial charge in [-0.25, -0.2) is 8.42 Å². The highest BCUT2D eigenvalue weighted by atomic mass is 32.2. The standard InChI is InChI=1S/C8H17F3N2O2S/c1-13(7-8(9,10)11)5-3-12-4-6-16(2,14)15/h12H,3-7H2,1-2H3. The van der Waals surface area contributed by atoms with E-state index < -0.39 is 22.6 Å². The van der Waals surface area contributed by atoms with E-state index in [4.69, 9.17) is 0 Å². The molecule has 0 aromatic rings. The Hall–Kier alpha value is -0.340. The minimum atomic E-state index is -4.19. The van der Waals surface area contributed by atoms with Crippen molar-refractivity contribution >= 4 is 9.84 Å². The van der Waals surface area contributed by atoms with Crippen LogP contribution in [0.3, 0.4) is 0 Å². The Kier molecular flexibility index (Phi) is 6.27. The number of sulfone groups is 1. The van der Waals surface area contributed by atoms with Crippen molar-refractivity contribution in [1.82, 2.24) is 10.2 Å². The van der Waals surface area contributed by atoms with Gasteiger partial charge in [-0.15, -0.1) is 0 Å². The van der Waals surface area contributed by atoms with Crippen LogP contribution in [0.5, 0.6) is 0 Å². The Morgan fingerprint density at radius 2 is 1.81 bits per heavy atom. The van der Waals surface area contributed by atoms with Crippen LogP contribution in [0.4, 0.5) is 13.2 Å². The van der Waals surface area contributed by atoms with Crippen LogP contribution in [0.15, 0.2) is 0 Å². The Labute approximate surface area is 93.7 Å². The second kappa shape index (κ2) is 6.41. The number of rotatable bonds is 7. The van der Waals surface area contributed by atoms with Gasteiger partial charge in [0.25, 0.3) is 0 Å². The highest BCUT2D eigenvalue weighted by molar-refractivity contribution is 7.90. The van der Waals surface area contributed by atoms with Gasteiger partial charge in [-0.1, -0.05) is 0 Å². The second-order valence-electron chi connectivity index (χ2n) is 3.73. The maximum absolute atomic E-state index is 11.9. The van der Waals surface area contributed by atoms with Crippen LogP contribution in [-0.2, 0) is 9.84 Å². The van der Waals surface area contributed by atoms with Gasteiger partial charge < -0.3 is 5.32 Å². The lowest BCUT2D eigenvalue weighted by Gasteiger charge is -2.18. The number of nitrogens with zero attached hydrogens (tertiary/aromatic N) is 1. The summed E-state index contributed by atoms with van der Waals surface area (Å²) < 4.78 is 57.1. The van der Waals surface area contributed by atoms with Gasteiger partial charge in [0.2, 0.25) is 0 Å². The molecule has 0 saturated carbocycles. The van der Waals surface area contributed by atoms with Gasteiger partial charge in [-0.3, -0.25) is 4.90 Å². The topological polar surface area (TPSA) is 49.4 Å². The maximum Gasteiger partial charge on any atom is 0.401 e. The Balaban J connectivity index is 3.53. The fourth-order valence-electron chi connectivity index (χ4n) is 1.04. The van der Waals surface area contributed by atoms with E-state index in [0.29, 0.717) is 6.54 Å².